The zero-order chi connectivity index (χ0) is 19.4. The van der Waals surface area contributed by atoms with E-state index in [2.05, 4.69) is 5.32 Å². The lowest BCUT2D eigenvalue weighted by Gasteiger charge is -2.32. The average molecular weight is 387 g/mol. The summed E-state index contributed by atoms with van der Waals surface area (Å²) in [5, 5.41) is 2.89. The molecule has 1 fully saturated rings. The maximum absolute atomic E-state index is 12.9. The van der Waals surface area contributed by atoms with Crippen LogP contribution in [0.1, 0.15) is 47.7 Å². The Bertz CT molecular complexity index is 907. The lowest BCUT2D eigenvalue weighted by Crippen LogP contribution is -2.41. The summed E-state index contributed by atoms with van der Waals surface area (Å²) in [5.74, 6) is -0.214. The third-order valence-electron chi connectivity index (χ3n) is 5.17. The molecular formula is C21H26N2O3S. The minimum absolute atomic E-state index is 0.0147. The van der Waals surface area contributed by atoms with Gasteiger partial charge in [0.25, 0.3) is 5.91 Å². The first-order valence-corrected chi connectivity index (χ1v) is 10.8. The fourth-order valence-corrected chi connectivity index (χ4v) is 5.13. The van der Waals surface area contributed by atoms with Gasteiger partial charge in [-0.2, -0.15) is 4.31 Å². The van der Waals surface area contributed by atoms with E-state index in [9.17, 15) is 13.2 Å². The Hall–Kier alpha value is -2.18. The van der Waals surface area contributed by atoms with Gasteiger partial charge in [0.15, 0.2) is 0 Å². The van der Waals surface area contributed by atoms with E-state index in [-0.39, 0.29) is 16.8 Å². The fourth-order valence-electron chi connectivity index (χ4n) is 3.43. The topological polar surface area (TPSA) is 66.5 Å². The van der Waals surface area contributed by atoms with Gasteiger partial charge in [0.1, 0.15) is 0 Å². The molecule has 3 rings (SSSR count). The molecule has 0 bridgehead atoms. The molecule has 1 amide bonds. The summed E-state index contributed by atoms with van der Waals surface area (Å²) in [4.78, 5) is 12.6. The highest BCUT2D eigenvalue weighted by molar-refractivity contribution is 7.89. The van der Waals surface area contributed by atoms with Crippen LogP contribution in [0.4, 0.5) is 0 Å². The van der Waals surface area contributed by atoms with Crippen LogP contribution in [0.15, 0.2) is 53.4 Å². The molecule has 0 radical (unpaired) electrons. The first kappa shape index (κ1) is 19.6. The van der Waals surface area contributed by atoms with Crippen LogP contribution in [0.2, 0.25) is 0 Å². The van der Waals surface area contributed by atoms with Crippen LogP contribution in [0.3, 0.4) is 0 Å². The Morgan fingerprint density at radius 1 is 1.11 bits per heavy atom. The Labute approximate surface area is 161 Å². The van der Waals surface area contributed by atoms with Crippen molar-refractivity contribution < 1.29 is 13.2 Å². The second-order valence-electron chi connectivity index (χ2n) is 7.09. The molecule has 5 nitrogen and oxygen atoms in total. The van der Waals surface area contributed by atoms with E-state index in [4.69, 9.17) is 0 Å². The Kier molecular flexibility index (Phi) is 5.97. The van der Waals surface area contributed by atoms with E-state index in [0.717, 1.165) is 30.4 Å². The summed E-state index contributed by atoms with van der Waals surface area (Å²) < 4.78 is 27.3. The molecule has 6 heteroatoms. The lowest BCUT2D eigenvalue weighted by atomic mass is 10.1. The first-order chi connectivity index (χ1) is 12.9. The van der Waals surface area contributed by atoms with Crippen molar-refractivity contribution in [3.63, 3.8) is 0 Å². The molecule has 0 spiro atoms. The number of nitrogens with one attached hydrogen (secondary N) is 1. The van der Waals surface area contributed by atoms with E-state index < -0.39 is 10.0 Å². The largest absolute Gasteiger partial charge is 0.348 e. The normalized spacial score (nSPS) is 18.2. The number of rotatable bonds is 5. The molecule has 2 aromatic carbocycles. The van der Waals surface area contributed by atoms with Gasteiger partial charge in [-0.3, -0.25) is 4.79 Å². The zero-order valence-electron chi connectivity index (χ0n) is 15.8. The highest BCUT2D eigenvalue weighted by Crippen LogP contribution is 2.25. The molecule has 1 heterocycles. The Balaban J connectivity index is 1.69. The number of hydrogen-bond acceptors (Lipinski definition) is 3. The summed E-state index contributed by atoms with van der Waals surface area (Å²) in [6.45, 7) is 4.95. The maximum atomic E-state index is 12.9. The van der Waals surface area contributed by atoms with Gasteiger partial charge in [0.05, 0.1) is 4.90 Å². The van der Waals surface area contributed by atoms with E-state index >= 15 is 0 Å². The van der Waals surface area contributed by atoms with Gasteiger partial charge in [0.2, 0.25) is 10.0 Å². The number of carbonyl (C=O) groups is 1. The minimum atomic E-state index is -3.51. The van der Waals surface area contributed by atoms with Crippen LogP contribution >= 0.6 is 0 Å². The van der Waals surface area contributed by atoms with Gasteiger partial charge in [-0.1, -0.05) is 30.7 Å². The zero-order valence-corrected chi connectivity index (χ0v) is 16.6. The number of benzene rings is 2. The van der Waals surface area contributed by atoms with Crippen LogP contribution in [-0.4, -0.2) is 31.2 Å². The number of piperidine rings is 1. The van der Waals surface area contributed by atoms with Crippen molar-refractivity contribution in [2.45, 2.75) is 50.6 Å². The van der Waals surface area contributed by atoms with Gasteiger partial charge in [-0.15, -0.1) is 0 Å². The van der Waals surface area contributed by atoms with Gasteiger partial charge < -0.3 is 5.32 Å². The van der Waals surface area contributed by atoms with Crippen molar-refractivity contribution in [2.24, 2.45) is 0 Å². The van der Waals surface area contributed by atoms with E-state index in [1.54, 1.807) is 16.4 Å². The van der Waals surface area contributed by atoms with E-state index in [1.165, 1.54) is 12.1 Å². The molecule has 2 aromatic rings. The molecule has 0 saturated carbocycles. The predicted octanol–water partition coefficient (Wildman–Crippen LogP) is 3.49. The summed E-state index contributed by atoms with van der Waals surface area (Å²) >= 11 is 0. The molecular weight excluding hydrogens is 360 g/mol. The summed E-state index contributed by atoms with van der Waals surface area (Å²) in [7, 11) is -3.51. The first-order valence-electron chi connectivity index (χ1n) is 9.34. The number of nitrogens with zero attached hydrogens (tertiary/aromatic N) is 1. The monoisotopic (exact) mass is 386 g/mol. The molecule has 1 N–H and O–H groups in total. The fraction of sp³-hybridized carbons (Fsp3) is 0.381. The van der Waals surface area contributed by atoms with E-state index in [1.807, 2.05) is 38.1 Å². The lowest BCUT2D eigenvalue weighted by molar-refractivity contribution is 0.0950. The minimum Gasteiger partial charge on any atom is -0.348 e. The van der Waals surface area contributed by atoms with Gasteiger partial charge >= 0.3 is 0 Å². The van der Waals surface area contributed by atoms with Crippen LogP contribution in [0.5, 0.6) is 0 Å². The third-order valence-corrected chi connectivity index (χ3v) is 7.19. The number of carbonyl (C=O) groups excluding carboxylic acids is 1. The molecule has 0 unspecified atom stereocenters. The van der Waals surface area contributed by atoms with Crippen molar-refractivity contribution in [3.8, 4) is 0 Å². The summed E-state index contributed by atoms with van der Waals surface area (Å²) in [6.07, 6.45) is 2.84. The highest BCUT2D eigenvalue weighted by Gasteiger charge is 2.30. The van der Waals surface area contributed by atoms with Crippen molar-refractivity contribution in [1.29, 1.82) is 0 Å². The van der Waals surface area contributed by atoms with Gasteiger partial charge in [-0.05, 0) is 62.1 Å². The van der Waals surface area contributed by atoms with Crippen molar-refractivity contribution in [2.75, 3.05) is 6.54 Å². The number of amides is 1. The molecule has 1 aliphatic rings. The predicted molar refractivity (Wildman–Crippen MR) is 106 cm³/mol. The average Bonchev–Trinajstić information content (AvgIpc) is 2.67. The molecule has 0 aliphatic carbocycles. The van der Waals surface area contributed by atoms with Gasteiger partial charge in [0, 0.05) is 24.7 Å². The summed E-state index contributed by atoms with van der Waals surface area (Å²) in [5.41, 5.74) is 2.63. The second kappa shape index (κ2) is 8.23. The smallest absolute Gasteiger partial charge is 0.251 e. The molecule has 1 saturated heterocycles. The third kappa shape index (κ3) is 4.39. The maximum Gasteiger partial charge on any atom is 0.251 e. The van der Waals surface area contributed by atoms with Crippen molar-refractivity contribution in [3.05, 3.63) is 65.2 Å². The number of sulfonamides is 1. The van der Waals surface area contributed by atoms with Crippen LogP contribution < -0.4 is 5.32 Å². The second-order valence-corrected chi connectivity index (χ2v) is 8.98. The molecule has 0 aromatic heterocycles. The molecule has 27 heavy (non-hydrogen) atoms. The highest BCUT2D eigenvalue weighted by atomic mass is 32.2. The number of hydrogen-bond donors (Lipinski definition) is 1. The molecule has 144 valence electrons. The van der Waals surface area contributed by atoms with Crippen molar-refractivity contribution >= 4 is 15.9 Å². The Morgan fingerprint density at radius 2 is 1.81 bits per heavy atom. The van der Waals surface area contributed by atoms with E-state index in [0.29, 0.717) is 18.7 Å². The Morgan fingerprint density at radius 3 is 2.48 bits per heavy atom. The molecule has 1 atom stereocenters. The van der Waals surface area contributed by atoms with Gasteiger partial charge in [-0.25, -0.2) is 8.42 Å². The van der Waals surface area contributed by atoms with Crippen molar-refractivity contribution in [1.82, 2.24) is 9.62 Å². The van der Waals surface area contributed by atoms with Crippen LogP contribution in [-0.2, 0) is 16.6 Å². The van der Waals surface area contributed by atoms with Crippen LogP contribution in [0.25, 0.3) is 0 Å². The SMILES string of the molecule is Cc1ccccc1CNC(=O)c1ccc(S(=O)(=O)N2CCCC[C@@H]2C)cc1. The quantitative estimate of drug-likeness (QED) is 0.855. The number of aryl methyl sites for hydroxylation is 1. The standard InChI is InChI=1S/C21H26N2O3S/c1-16-7-3-4-9-19(16)15-22-21(24)18-10-12-20(13-11-18)27(25,26)23-14-6-5-8-17(23)2/h3-4,7,9-13,17H,5-6,8,14-15H2,1-2H3,(H,22,24)/t17-/m0/s1. The van der Waals surface area contributed by atoms with Crippen LogP contribution in [0, 0.1) is 6.92 Å². The molecule has 1 aliphatic heterocycles. The summed E-state index contributed by atoms with van der Waals surface area (Å²) in [6, 6.07) is 14.1.